The Kier molecular flexibility index (Phi) is 5.55. The van der Waals surface area contributed by atoms with Gasteiger partial charge in [0, 0.05) is 19.0 Å². The first-order valence-corrected chi connectivity index (χ1v) is 7.95. The summed E-state index contributed by atoms with van der Waals surface area (Å²) < 4.78 is 1.93. The molecule has 0 saturated heterocycles. The molecule has 0 aliphatic carbocycles. The number of nitrogens with zero attached hydrogens (tertiary/aromatic N) is 2. The van der Waals surface area contributed by atoms with Gasteiger partial charge in [-0.3, -0.25) is 4.68 Å². The molecule has 0 fully saturated rings. The molecular weight excluding hydrogens is 329 g/mol. The minimum atomic E-state index is 0.0232. The molecule has 0 radical (unpaired) electrons. The van der Waals surface area contributed by atoms with Crippen LogP contribution in [0.5, 0.6) is 0 Å². The fourth-order valence-electron chi connectivity index (χ4n) is 2.41. The maximum atomic E-state index is 6.38. The molecule has 0 amide bonds. The minimum absolute atomic E-state index is 0.0232. The predicted molar refractivity (Wildman–Crippen MR) is 89.6 cm³/mol. The molecule has 1 heterocycles. The van der Waals surface area contributed by atoms with Gasteiger partial charge in [0.15, 0.2) is 0 Å². The number of aryl methyl sites for hydroxylation is 2. The van der Waals surface area contributed by atoms with Gasteiger partial charge in [-0.2, -0.15) is 5.10 Å². The molecule has 6 heteroatoms. The Bertz CT molecular complexity index is 637. The van der Waals surface area contributed by atoms with E-state index in [9.17, 15) is 0 Å². The van der Waals surface area contributed by atoms with Crippen LogP contribution in [-0.4, -0.2) is 16.8 Å². The molecule has 21 heavy (non-hydrogen) atoms. The summed E-state index contributed by atoms with van der Waals surface area (Å²) in [6.45, 7) is 4.74. The number of nitrogens with one attached hydrogen (secondary N) is 1. The highest BCUT2D eigenvalue weighted by molar-refractivity contribution is 6.42. The topological polar surface area (TPSA) is 29.9 Å². The van der Waals surface area contributed by atoms with Crippen molar-refractivity contribution < 1.29 is 0 Å². The smallest absolute Gasteiger partial charge is 0.0847 e. The molecule has 0 bridgehead atoms. The zero-order valence-electron chi connectivity index (χ0n) is 12.3. The predicted octanol–water partition coefficient (Wildman–Crippen LogP) is 4.67. The Morgan fingerprint density at radius 2 is 1.95 bits per heavy atom. The first-order valence-electron chi connectivity index (χ1n) is 6.82. The van der Waals surface area contributed by atoms with Gasteiger partial charge >= 0.3 is 0 Å². The van der Waals surface area contributed by atoms with E-state index in [-0.39, 0.29) is 6.04 Å². The summed E-state index contributed by atoms with van der Waals surface area (Å²) in [5.74, 6) is 0. The standard InChI is InChI=1S/C15H18Cl3N3/c1-4-21-13(14(17)9(2)20-21)8-12(19-3)10-6-5-7-11(16)15(10)18/h5-7,12,19H,4,8H2,1-3H3. The van der Waals surface area contributed by atoms with Crippen LogP contribution in [0.3, 0.4) is 0 Å². The number of aromatic nitrogens is 2. The van der Waals surface area contributed by atoms with Crippen LogP contribution in [0.4, 0.5) is 0 Å². The number of likely N-dealkylation sites (N-methyl/N-ethyl adjacent to an activating group) is 1. The van der Waals surface area contributed by atoms with Crippen molar-refractivity contribution in [2.24, 2.45) is 0 Å². The molecule has 0 saturated carbocycles. The quantitative estimate of drug-likeness (QED) is 0.852. The van der Waals surface area contributed by atoms with Crippen molar-refractivity contribution in [3.8, 4) is 0 Å². The summed E-state index contributed by atoms with van der Waals surface area (Å²) in [6.07, 6.45) is 0.698. The molecule has 1 N–H and O–H groups in total. The summed E-state index contributed by atoms with van der Waals surface area (Å²) in [4.78, 5) is 0. The highest BCUT2D eigenvalue weighted by Crippen LogP contribution is 2.33. The van der Waals surface area contributed by atoms with Gasteiger partial charge in [0.05, 0.1) is 26.5 Å². The van der Waals surface area contributed by atoms with Crippen molar-refractivity contribution in [1.29, 1.82) is 0 Å². The average Bonchev–Trinajstić information content (AvgIpc) is 2.75. The highest BCUT2D eigenvalue weighted by Gasteiger charge is 2.20. The Balaban J connectivity index is 2.38. The third-order valence-corrected chi connectivity index (χ3v) is 4.88. The maximum absolute atomic E-state index is 6.38. The van der Waals surface area contributed by atoms with Crippen molar-refractivity contribution >= 4 is 34.8 Å². The Morgan fingerprint density at radius 3 is 2.57 bits per heavy atom. The molecule has 114 valence electrons. The lowest BCUT2D eigenvalue weighted by molar-refractivity contribution is 0.541. The molecule has 0 aliphatic heterocycles. The first kappa shape index (κ1) is 16.6. The normalized spacial score (nSPS) is 12.7. The van der Waals surface area contributed by atoms with Crippen molar-refractivity contribution in [2.45, 2.75) is 32.9 Å². The molecule has 1 atom stereocenters. The second-order valence-corrected chi connectivity index (χ2v) is 6.01. The van der Waals surface area contributed by atoms with Crippen LogP contribution in [0.25, 0.3) is 0 Å². The van der Waals surface area contributed by atoms with Crippen LogP contribution < -0.4 is 5.32 Å². The van der Waals surface area contributed by atoms with Gasteiger partial charge in [-0.1, -0.05) is 46.9 Å². The summed E-state index contributed by atoms with van der Waals surface area (Å²) in [6, 6.07) is 5.68. The van der Waals surface area contributed by atoms with E-state index < -0.39 is 0 Å². The fourth-order valence-corrected chi connectivity index (χ4v) is 3.07. The van der Waals surface area contributed by atoms with E-state index in [1.54, 1.807) is 6.07 Å². The Morgan fingerprint density at radius 1 is 1.24 bits per heavy atom. The van der Waals surface area contributed by atoms with Gasteiger partial charge in [-0.25, -0.2) is 0 Å². The van der Waals surface area contributed by atoms with E-state index in [1.165, 1.54) is 0 Å². The molecule has 0 spiro atoms. The Labute approximate surface area is 140 Å². The zero-order valence-corrected chi connectivity index (χ0v) is 14.5. The molecule has 1 aromatic carbocycles. The summed E-state index contributed by atoms with van der Waals surface area (Å²) in [5, 5.41) is 9.58. The van der Waals surface area contributed by atoms with Crippen LogP contribution in [0, 0.1) is 6.92 Å². The summed E-state index contributed by atoms with van der Waals surface area (Å²) in [5.41, 5.74) is 2.82. The summed E-state index contributed by atoms with van der Waals surface area (Å²) in [7, 11) is 1.90. The van der Waals surface area contributed by atoms with Crippen LogP contribution in [0.15, 0.2) is 18.2 Å². The van der Waals surface area contributed by atoms with E-state index in [0.29, 0.717) is 16.5 Å². The molecular formula is C15H18Cl3N3. The van der Waals surface area contributed by atoms with Gasteiger partial charge < -0.3 is 5.32 Å². The molecule has 2 aromatic rings. The third-order valence-electron chi connectivity index (χ3n) is 3.56. The monoisotopic (exact) mass is 345 g/mol. The van der Waals surface area contributed by atoms with E-state index >= 15 is 0 Å². The number of benzene rings is 1. The van der Waals surface area contributed by atoms with E-state index in [2.05, 4.69) is 10.4 Å². The lowest BCUT2D eigenvalue weighted by Crippen LogP contribution is -2.21. The highest BCUT2D eigenvalue weighted by atomic mass is 35.5. The number of rotatable bonds is 5. The first-order chi connectivity index (χ1) is 9.99. The van der Waals surface area contributed by atoms with Gasteiger partial charge in [0.2, 0.25) is 0 Å². The number of hydrogen-bond donors (Lipinski definition) is 1. The van der Waals surface area contributed by atoms with Crippen LogP contribution >= 0.6 is 34.8 Å². The molecule has 3 nitrogen and oxygen atoms in total. The fraction of sp³-hybridized carbons (Fsp3) is 0.400. The SMILES string of the molecule is CCn1nc(C)c(Cl)c1CC(NC)c1cccc(Cl)c1Cl. The van der Waals surface area contributed by atoms with Crippen LogP contribution in [0.2, 0.25) is 15.1 Å². The van der Waals surface area contributed by atoms with E-state index in [4.69, 9.17) is 34.8 Å². The van der Waals surface area contributed by atoms with Crippen LogP contribution in [-0.2, 0) is 13.0 Å². The second-order valence-electron chi connectivity index (χ2n) is 4.85. The average molecular weight is 347 g/mol. The van der Waals surface area contributed by atoms with Gasteiger partial charge in [0.25, 0.3) is 0 Å². The number of halogens is 3. The maximum Gasteiger partial charge on any atom is 0.0847 e. The largest absolute Gasteiger partial charge is 0.313 e. The van der Waals surface area contributed by atoms with Gasteiger partial charge in [-0.05, 0) is 32.5 Å². The van der Waals surface area contributed by atoms with Crippen molar-refractivity contribution in [2.75, 3.05) is 7.05 Å². The van der Waals surface area contributed by atoms with Gasteiger partial charge in [0.1, 0.15) is 0 Å². The number of hydrogen-bond acceptors (Lipinski definition) is 2. The van der Waals surface area contributed by atoms with E-state index in [1.807, 2.05) is 37.7 Å². The zero-order chi connectivity index (χ0) is 15.6. The lowest BCUT2D eigenvalue weighted by Gasteiger charge is -2.19. The minimum Gasteiger partial charge on any atom is -0.313 e. The van der Waals surface area contributed by atoms with E-state index in [0.717, 1.165) is 28.5 Å². The van der Waals surface area contributed by atoms with Crippen molar-refractivity contribution in [1.82, 2.24) is 15.1 Å². The molecule has 0 aliphatic rings. The van der Waals surface area contributed by atoms with Crippen molar-refractivity contribution in [3.05, 3.63) is 50.2 Å². The molecule has 2 rings (SSSR count). The van der Waals surface area contributed by atoms with Crippen molar-refractivity contribution in [3.63, 3.8) is 0 Å². The lowest BCUT2D eigenvalue weighted by atomic mass is 10.0. The van der Waals surface area contributed by atoms with Gasteiger partial charge in [-0.15, -0.1) is 0 Å². The second kappa shape index (κ2) is 7.01. The third kappa shape index (κ3) is 3.37. The van der Waals surface area contributed by atoms with Crippen LogP contribution in [0.1, 0.15) is 29.9 Å². The Hall–Kier alpha value is -0.740. The molecule has 1 unspecified atom stereocenters. The molecule has 1 aromatic heterocycles. The summed E-state index contributed by atoms with van der Waals surface area (Å²) >= 11 is 18.8.